The highest BCUT2D eigenvalue weighted by molar-refractivity contribution is 8.05. The lowest BCUT2D eigenvalue weighted by molar-refractivity contribution is 0.140. The monoisotopic (exact) mass is 247 g/mol. The highest BCUT2D eigenvalue weighted by Gasteiger charge is 2.15. The molecule has 0 aromatic carbocycles. The van der Waals surface area contributed by atoms with E-state index in [4.69, 9.17) is 4.74 Å². The fourth-order valence-corrected chi connectivity index (χ4v) is 2.71. The van der Waals surface area contributed by atoms with E-state index < -0.39 is 6.17 Å². The molecule has 0 saturated heterocycles. The van der Waals surface area contributed by atoms with Crippen LogP contribution in [0.5, 0.6) is 0 Å². The van der Waals surface area contributed by atoms with Crippen molar-refractivity contribution in [2.45, 2.75) is 25.7 Å². The van der Waals surface area contributed by atoms with Crippen LogP contribution in [0, 0.1) is 0 Å². The van der Waals surface area contributed by atoms with Crippen molar-refractivity contribution >= 4 is 17.2 Å². The van der Waals surface area contributed by atoms with E-state index in [9.17, 15) is 4.39 Å². The number of rotatable bonds is 5. The summed E-state index contributed by atoms with van der Waals surface area (Å²) in [7, 11) is 3.24. The van der Waals surface area contributed by atoms with Gasteiger partial charge in [-0.15, -0.1) is 8.93 Å². The third-order valence-electron chi connectivity index (χ3n) is 2.00. The highest BCUT2D eigenvalue weighted by atomic mass is 32.0. The van der Waals surface area contributed by atoms with Gasteiger partial charge in [-0.2, -0.15) is 0 Å². The molecule has 2 nitrogen and oxygen atoms in total. The predicted molar refractivity (Wildman–Crippen MR) is 67.6 cm³/mol. The van der Waals surface area contributed by atoms with E-state index in [2.05, 4.69) is 20.8 Å². The van der Waals surface area contributed by atoms with Gasteiger partial charge in [0, 0.05) is 12.1 Å². The molecule has 0 spiro atoms. The molecule has 1 rings (SSSR count). The summed E-state index contributed by atoms with van der Waals surface area (Å²) in [4.78, 5) is 0. The zero-order valence-electron chi connectivity index (χ0n) is 8.66. The zero-order chi connectivity index (χ0) is 11.3. The first-order chi connectivity index (χ1) is 7.17. The molecule has 0 fully saturated rings. The molecule has 0 aromatic heterocycles. The Balaban J connectivity index is 2.64. The molecular weight excluding hydrogens is 231 g/mol. The van der Waals surface area contributed by atoms with E-state index in [-0.39, 0.29) is 6.23 Å². The van der Waals surface area contributed by atoms with E-state index in [1.807, 2.05) is 13.0 Å². The molecule has 1 aliphatic carbocycles. The molecule has 0 aromatic rings. The fourth-order valence-electron chi connectivity index (χ4n) is 1.34. The number of nitrogens with one attached hydrogen (secondary N) is 1. The zero-order valence-corrected chi connectivity index (χ0v) is 10.8. The van der Waals surface area contributed by atoms with Gasteiger partial charge in [-0.1, -0.05) is 20.9 Å². The molecule has 0 heterocycles. The van der Waals surface area contributed by atoms with Gasteiger partial charge in [-0.05, 0) is 18.3 Å². The van der Waals surface area contributed by atoms with E-state index in [0.29, 0.717) is 14.7 Å². The molecule has 0 bridgehead atoms. The SMILES string of the molecule is C=COC(C)NC1=CC(F)CC=C1PP. The van der Waals surface area contributed by atoms with Gasteiger partial charge in [0.1, 0.15) is 6.17 Å². The predicted octanol–water partition coefficient (Wildman–Crippen LogP) is 3.06. The van der Waals surface area contributed by atoms with Crippen LogP contribution in [0.1, 0.15) is 13.3 Å². The molecule has 0 amide bonds. The van der Waals surface area contributed by atoms with Crippen molar-refractivity contribution in [1.82, 2.24) is 5.32 Å². The van der Waals surface area contributed by atoms with E-state index in [0.717, 1.165) is 11.0 Å². The number of halogens is 1. The van der Waals surface area contributed by atoms with Gasteiger partial charge in [0.2, 0.25) is 0 Å². The molecule has 1 aliphatic rings. The van der Waals surface area contributed by atoms with E-state index >= 15 is 0 Å². The minimum Gasteiger partial charge on any atom is -0.479 e. The molecule has 0 radical (unpaired) electrons. The number of alkyl halides is 1. The Labute approximate surface area is 93.9 Å². The topological polar surface area (TPSA) is 21.3 Å². The third kappa shape index (κ3) is 3.93. The van der Waals surface area contributed by atoms with E-state index in [1.54, 1.807) is 6.08 Å². The van der Waals surface area contributed by atoms with Crippen molar-refractivity contribution in [3.8, 4) is 0 Å². The molecule has 84 valence electrons. The fraction of sp³-hybridized carbons (Fsp3) is 0.400. The first-order valence-corrected chi connectivity index (χ1v) is 7.54. The number of allylic oxidation sites excluding steroid dienone is 3. The maximum atomic E-state index is 13.2. The van der Waals surface area contributed by atoms with Gasteiger partial charge < -0.3 is 10.1 Å². The Morgan fingerprint density at radius 2 is 2.60 bits per heavy atom. The lowest BCUT2D eigenvalue weighted by atomic mass is 10.1. The van der Waals surface area contributed by atoms with Crippen molar-refractivity contribution in [3.63, 3.8) is 0 Å². The van der Waals surface area contributed by atoms with Crippen LogP contribution in [0.25, 0.3) is 0 Å². The van der Waals surface area contributed by atoms with Crippen LogP contribution in [-0.4, -0.2) is 12.4 Å². The summed E-state index contributed by atoms with van der Waals surface area (Å²) < 4.78 is 18.3. The van der Waals surface area contributed by atoms with Crippen LogP contribution in [0.15, 0.2) is 36.0 Å². The summed E-state index contributed by atoms with van der Waals surface area (Å²) in [6.07, 6.45) is 4.30. The summed E-state index contributed by atoms with van der Waals surface area (Å²) in [6.45, 7) is 5.33. The van der Waals surface area contributed by atoms with E-state index in [1.165, 1.54) is 6.26 Å². The second kappa shape index (κ2) is 6.25. The first-order valence-electron chi connectivity index (χ1n) is 4.73. The Morgan fingerprint density at radius 3 is 3.20 bits per heavy atom. The summed E-state index contributed by atoms with van der Waals surface area (Å²) in [5.74, 6) is 0. The normalized spacial score (nSPS) is 23.3. The lowest BCUT2D eigenvalue weighted by Crippen LogP contribution is -2.28. The Kier molecular flexibility index (Phi) is 5.28. The molecule has 5 heteroatoms. The Bertz CT molecular complexity index is 291. The van der Waals surface area contributed by atoms with Crippen molar-refractivity contribution in [3.05, 3.63) is 36.0 Å². The van der Waals surface area contributed by atoms with Gasteiger partial charge in [-0.25, -0.2) is 4.39 Å². The molecule has 1 N–H and O–H groups in total. The molecule has 0 aliphatic heterocycles. The van der Waals surface area contributed by atoms with Crippen LogP contribution < -0.4 is 5.32 Å². The second-order valence-corrected chi connectivity index (χ2v) is 4.88. The van der Waals surface area contributed by atoms with Gasteiger partial charge in [0.25, 0.3) is 0 Å². The average Bonchev–Trinajstić information content (AvgIpc) is 2.18. The third-order valence-corrected chi connectivity index (χ3v) is 3.72. The van der Waals surface area contributed by atoms with Crippen LogP contribution >= 0.6 is 17.2 Å². The summed E-state index contributed by atoms with van der Waals surface area (Å²) in [6, 6.07) is 0. The number of hydrogen-bond donors (Lipinski definition) is 1. The molecule has 4 unspecified atom stereocenters. The quantitative estimate of drug-likeness (QED) is 0.458. The Hall–Kier alpha value is -0.390. The maximum Gasteiger partial charge on any atom is 0.166 e. The summed E-state index contributed by atoms with van der Waals surface area (Å²) in [5, 5.41) is 4.24. The standard InChI is InChI=1S/C10H16FNOP2/c1-3-13-7(2)12-9-6-8(11)4-5-10(9)15-14/h3,5-8,12,15H,1,4,14H2,2H3. The van der Waals surface area contributed by atoms with Gasteiger partial charge in [0.15, 0.2) is 6.23 Å². The average molecular weight is 247 g/mol. The largest absolute Gasteiger partial charge is 0.479 e. The minimum atomic E-state index is -0.895. The van der Waals surface area contributed by atoms with Crippen molar-refractivity contribution in [1.29, 1.82) is 0 Å². The second-order valence-electron chi connectivity index (χ2n) is 3.18. The number of ether oxygens (including phenoxy) is 1. The molecule has 0 saturated carbocycles. The smallest absolute Gasteiger partial charge is 0.166 e. The maximum absolute atomic E-state index is 13.2. The van der Waals surface area contributed by atoms with Gasteiger partial charge in [-0.3, -0.25) is 0 Å². The van der Waals surface area contributed by atoms with Crippen LogP contribution in [0.4, 0.5) is 4.39 Å². The summed E-state index contributed by atoms with van der Waals surface area (Å²) in [5.41, 5.74) is 0.830. The number of hydrogen-bond acceptors (Lipinski definition) is 2. The molecule has 4 atom stereocenters. The van der Waals surface area contributed by atoms with Crippen LogP contribution in [0.3, 0.4) is 0 Å². The molecule has 15 heavy (non-hydrogen) atoms. The summed E-state index contributed by atoms with van der Waals surface area (Å²) >= 11 is 0. The van der Waals surface area contributed by atoms with Crippen LogP contribution in [-0.2, 0) is 4.74 Å². The Morgan fingerprint density at radius 1 is 1.87 bits per heavy atom. The van der Waals surface area contributed by atoms with Gasteiger partial charge >= 0.3 is 0 Å². The van der Waals surface area contributed by atoms with Crippen molar-refractivity contribution < 1.29 is 9.13 Å². The first kappa shape index (κ1) is 12.7. The lowest BCUT2D eigenvalue weighted by Gasteiger charge is -2.22. The van der Waals surface area contributed by atoms with Gasteiger partial charge in [0.05, 0.1) is 6.26 Å². The molecular formula is C10H16FNOP2. The van der Waals surface area contributed by atoms with Crippen molar-refractivity contribution in [2.75, 3.05) is 0 Å². The highest BCUT2D eigenvalue weighted by Crippen LogP contribution is 2.38. The van der Waals surface area contributed by atoms with Crippen molar-refractivity contribution in [2.24, 2.45) is 0 Å². The minimum absolute atomic E-state index is 0.191. The van der Waals surface area contributed by atoms with Crippen LogP contribution in [0.2, 0.25) is 0 Å².